The summed E-state index contributed by atoms with van der Waals surface area (Å²) >= 11 is 0. The van der Waals surface area contributed by atoms with Crippen molar-refractivity contribution in [3.8, 4) is 22.7 Å². The zero-order valence-electron chi connectivity index (χ0n) is 17.7. The van der Waals surface area contributed by atoms with Gasteiger partial charge in [0.1, 0.15) is 11.9 Å². The average molecular weight is 422 g/mol. The molecule has 0 N–H and O–H groups in total. The highest BCUT2D eigenvalue weighted by Gasteiger charge is 2.64. The SMILES string of the molecule is COc1ccc(-c2nn(-c3ccccc3)cc2C2OC23CCc2ccccc2C3=O)cc1. The van der Waals surface area contributed by atoms with Gasteiger partial charge in [-0.05, 0) is 54.8 Å². The molecule has 32 heavy (non-hydrogen) atoms. The highest BCUT2D eigenvalue weighted by atomic mass is 16.6. The molecule has 0 amide bonds. The summed E-state index contributed by atoms with van der Waals surface area (Å²) in [7, 11) is 1.65. The Morgan fingerprint density at radius 2 is 1.75 bits per heavy atom. The van der Waals surface area contributed by atoms with E-state index in [9.17, 15) is 4.79 Å². The largest absolute Gasteiger partial charge is 0.497 e. The fourth-order valence-corrected chi connectivity index (χ4v) is 4.74. The van der Waals surface area contributed by atoms with Crippen LogP contribution in [0.3, 0.4) is 0 Å². The van der Waals surface area contributed by atoms with Crippen LogP contribution in [0.5, 0.6) is 5.75 Å². The Kier molecular flexibility index (Phi) is 4.26. The predicted molar refractivity (Wildman–Crippen MR) is 121 cm³/mol. The number of hydrogen-bond acceptors (Lipinski definition) is 4. The Labute approximate surface area is 186 Å². The van der Waals surface area contributed by atoms with Crippen LogP contribution in [0.15, 0.2) is 85.1 Å². The quantitative estimate of drug-likeness (QED) is 0.425. The van der Waals surface area contributed by atoms with Crippen LogP contribution in [-0.2, 0) is 11.2 Å². The van der Waals surface area contributed by atoms with Gasteiger partial charge < -0.3 is 9.47 Å². The van der Waals surface area contributed by atoms with E-state index >= 15 is 0 Å². The van der Waals surface area contributed by atoms with Gasteiger partial charge in [-0.2, -0.15) is 5.10 Å². The van der Waals surface area contributed by atoms with Gasteiger partial charge in [0.15, 0.2) is 11.4 Å². The van der Waals surface area contributed by atoms with Crippen LogP contribution in [-0.4, -0.2) is 28.3 Å². The number of ether oxygens (including phenoxy) is 2. The number of nitrogens with zero attached hydrogens (tertiary/aromatic N) is 2. The summed E-state index contributed by atoms with van der Waals surface area (Å²) < 4.78 is 13.4. The molecule has 158 valence electrons. The zero-order chi connectivity index (χ0) is 21.7. The third-order valence-electron chi connectivity index (χ3n) is 6.52. The van der Waals surface area contributed by atoms with E-state index in [-0.39, 0.29) is 11.9 Å². The average Bonchev–Trinajstić information content (AvgIpc) is 3.41. The Morgan fingerprint density at radius 3 is 2.53 bits per heavy atom. The molecule has 5 heteroatoms. The van der Waals surface area contributed by atoms with E-state index in [1.54, 1.807) is 7.11 Å². The van der Waals surface area contributed by atoms with Crippen molar-refractivity contribution in [1.82, 2.24) is 9.78 Å². The van der Waals surface area contributed by atoms with Crippen molar-refractivity contribution < 1.29 is 14.3 Å². The highest BCUT2D eigenvalue weighted by Crippen LogP contribution is 2.57. The number of benzene rings is 3. The molecule has 1 fully saturated rings. The predicted octanol–water partition coefficient (Wildman–Crippen LogP) is 5.19. The summed E-state index contributed by atoms with van der Waals surface area (Å²) in [5.41, 5.74) is 4.78. The number of methoxy groups -OCH3 is 1. The van der Waals surface area contributed by atoms with Gasteiger partial charge in [-0.1, -0.05) is 42.5 Å². The van der Waals surface area contributed by atoms with Crippen LogP contribution in [0.4, 0.5) is 0 Å². The molecule has 0 radical (unpaired) electrons. The summed E-state index contributed by atoms with van der Waals surface area (Å²) in [6.45, 7) is 0. The van der Waals surface area contributed by atoms with Crippen molar-refractivity contribution in [2.75, 3.05) is 7.11 Å². The summed E-state index contributed by atoms with van der Waals surface area (Å²) in [6, 6.07) is 25.7. The van der Waals surface area contributed by atoms with E-state index in [0.29, 0.717) is 6.42 Å². The second-order valence-electron chi connectivity index (χ2n) is 8.32. The molecular formula is C27H22N2O3. The van der Waals surface area contributed by atoms with Gasteiger partial charge in [0.2, 0.25) is 0 Å². The molecule has 0 saturated carbocycles. The standard InChI is InChI=1S/C27H22N2O3/c1-31-21-13-11-19(12-14-21)24-23(17-29(28-24)20-8-3-2-4-9-20)26-27(32-26)16-15-18-7-5-6-10-22(18)25(27)30/h2-14,17,26H,15-16H2,1H3. The minimum absolute atomic E-state index is 0.0810. The minimum atomic E-state index is -0.792. The van der Waals surface area contributed by atoms with Gasteiger partial charge in [0, 0.05) is 22.9 Å². The third kappa shape index (κ3) is 2.89. The number of carbonyl (C=O) groups is 1. The van der Waals surface area contributed by atoms with E-state index in [0.717, 1.165) is 45.8 Å². The lowest BCUT2D eigenvalue weighted by Crippen LogP contribution is -2.31. The van der Waals surface area contributed by atoms with Gasteiger partial charge in [-0.25, -0.2) is 4.68 Å². The van der Waals surface area contributed by atoms with E-state index in [4.69, 9.17) is 14.6 Å². The first-order valence-corrected chi connectivity index (χ1v) is 10.8. The molecule has 1 spiro atoms. The Bertz CT molecular complexity index is 1310. The van der Waals surface area contributed by atoms with Gasteiger partial charge in [-0.15, -0.1) is 0 Å². The van der Waals surface area contributed by atoms with E-state index in [1.165, 1.54) is 0 Å². The van der Waals surface area contributed by atoms with E-state index in [1.807, 2.05) is 89.7 Å². The third-order valence-corrected chi connectivity index (χ3v) is 6.52. The number of epoxide rings is 1. The van der Waals surface area contributed by atoms with Crippen molar-refractivity contribution >= 4 is 5.78 Å². The molecule has 1 aromatic heterocycles. The molecular weight excluding hydrogens is 400 g/mol. The summed E-state index contributed by atoms with van der Waals surface area (Å²) in [5.74, 6) is 0.869. The number of ketones is 1. The fraction of sp³-hybridized carbons (Fsp3) is 0.185. The fourth-order valence-electron chi connectivity index (χ4n) is 4.74. The number of Topliss-reactive ketones (excluding diaryl/α,β-unsaturated/α-hetero) is 1. The van der Waals surface area contributed by atoms with Crippen LogP contribution in [0.2, 0.25) is 0 Å². The molecule has 2 atom stereocenters. The summed E-state index contributed by atoms with van der Waals surface area (Å²) in [4.78, 5) is 13.4. The van der Waals surface area contributed by atoms with Crippen LogP contribution in [0, 0.1) is 0 Å². The smallest absolute Gasteiger partial charge is 0.198 e. The molecule has 6 rings (SSSR count). The molecule has 3 aromatic carbocycles. The zero-order valence-corrected chi connectivity index (χ0v) is 17.7. The molecule has 2 unspecified atom stereocenters. The summed E-state index contributed by atoms with van der Waals surface area (Å²) in [6.07, 6.45) is 3.22. The van der Waals surface area contributed by atoms with Crippen molar-refractivity contribution in [1.29, 1.82) is 0 Å². The maximum absolute atomic E-state index is 13.4. The molecule has 4 aromatic rings. The highest BCUT2D eigenvalue weighted by molar-refractivity contribution is 6.07. The van der Waals surface area contributed by atoms with Gasteiger partial charge in [-0.3, -0.25) is 4.79 Å². The second kappa shape index (κ2) is 7.18. The van der Waals surface area contributed by atoms with Gasteiger partial charge in [0.25, 0.3) is 0 Å². The van der Waals surface area contributed by atoms with Gasteiger partial charge in [0.05, 0.1) is 18.5 Å². The maximum Gasteiger partial charge on any atom is 0.198 e. The number of fused-ring (bicyclic) bond motifs is 1. The lowest BCUT2D eigenvalue weighted by molar-refractivity contribution is 0.0850. The van der Waals surface area contributed by atoms with Crippen LogP contribution in [0.1, 0.15) is 34.0 Å². The maximum atomic E-state index is 13.4. The molecule has 0 bridgehead atoms. The van der Waals surface area contributed by atoms with E-state index in [2.05, 4.69) is 0 Å². The normalized spacial score (nSPS) is 21.4. The number of aryl methyl sites for hydroxylation is 1. The first-order chi connectivity index (χ1) is 15.7. The Hall–Kier alpha value is -3.70. The van der Waals surface area contributed by atoms with Crippen LogP contribution < -0.4 is 4.74 Å². The van der Waals surface area contributed by atoms with Crippen LogP contribution >= 0.6 is 0 Å². The number of para-hydroxylation sites is 1. The number of hydrogen-bond donors (Lipinski definition) is 0. The first kappa shape index (κ1) is 19.0. The monoisotopic (exact) mass is 422 g/mol. The number of rotatable bonds is 4. The van der Waals surface area contributed by atoms with Crippen LogP contribution in [0.25, 0.3) is 16.9 Å². The molecule has 5 nitrogen and oxygen atoms in total. The second-order valence-corrected chi connectivity index (χ2v) is 8.32. The van der Waals surface area contributed by atoms with Crippen molar-refractivity contribution in [2.45, 2.75) is 24.5 Å². The number of carbonyl (C=O) groups excluding carboxylic acids is 1. The topological polar surface area (TPSA) is 56.6 Å². The number of aromatic nitrogens is 2. The Morgan fingerprint density at radius 1 is 1.00 bits per heavy atom. The summed E-state index contributed by atoms with van der Waals surface area (Å²) in [5, 5.41) is 4.90. The van der Waals surface area contributed by atoms with Crippen molar-refractivity contribution in [2.24, 2.45) is 0 Å². The molecule has 1 aliphatic heterocycles. The molecule has 2 heterocycles. The molecule has 1 saturated heterocycles. The van der Waals surface area contributed by atoms with Gasteiger partial charge >= 0.3 is 0 Å². The lowest BCUT2D eigenvalue weighted by Gasteiger charge is -2.20. The molecule has 2 aliphatic rings. The molecule has 1 aliphatic carbocycles. The van der Waals surface area contributed by atoms with E-state index < -0.39 is 5.60 Å². The van der Waals surface area contributed by atoms with Crippen molar-refractivity contribution in [3.05, 3.63) is 102 Å². The Balaban J connectivity index is 1.43. The van der Waals surface area contributed by atoms with Crippen molar-refractivity contribution in [3.63, 3.8) is 0 Å². The lowest BCUT2D eigenvalue weighted by atomic mass is 9.79. The minimum Gasteiger partial charge on any atom is -0.497 e. The first-order valence-electron chi connectivity index (χ1n) is 10.8.